The molecular formula is C19H20N2O2. The summed E-state index contributed by atoms with van der Waals surface area (Å²) >= 11 is 0. The normalized spacial score (nSPS) is 10.9. The number of benzene rings is 2. The Morgan fingerprint density at radius 1 is 0.957 bits per heavy atom. The number of H-pyrrole nitrogens is 2. The smallest absolute Gasteiger partial charge is 0.267 e. The van der Waals surface area contributed by atoms with Crippen molar-refractivity contribution in [2.75, 3.05) is 0 Å². The molecule has 0 atom stereocenters. The molecule has 3 rings (SSSR count). The van der Waals surface area contributed by atoms with Gasteiger partial charge in [-0.15, -0.1) is 0 Å². The molecule has 23 heavy (non-hydrogen) atoms. The molecule has 2 aromatic carbocycles. The van der Waals surface area contributed by atoms with E-state index in [9.17, 15) is 4.79 Å². The summed E-state index contributed by atoms with van der Waals surface area (Å²) in [5, 5.41) is 5.67. The van der Waals surface area contributed by atoms with Crippen LogP contribution in [0.15, 0.2) is 59.4 Å². The number of rotatable bonds is 5. The van der Waals surface area contributed by atoms with Gasteiger partial charge in [-0.1, -0.05) is 50.2 Å². The van der Waals surface area contributed by atoms with E-state index >= 15 is 0 Å². The Labute approximate surface area is 135 Å². The van der Waals surface area contributed by atoms with Crippen LogP contribution in [-0.4, -0.2) is 10.2 Å². The molecular weight excluding hydrogens is 288 g/mol. The fraction of sp³-hybridized carbons (Fsp3) is 0.211. The maximum Gasteiger partial charge on any atom is 0.267 e. The van der Waals surface area contributed by atoms with Crippen LogP contribution >= 0.6 is 0 Å². The van der Waals surface area contributed by atoms with E-state index in [0.717, 1.165) is 28.3 Å². The van der Waals surface area contributed by atoms with Gasteiger partial charge in [0.2, 0.25) is 0 Å². The molecule has 4 heteroatoms. The molecule has 2 N–H and O–H groups in total. The highest BCUT2D eigenvalue weighted by Gasteiger charge is 2.15. The summed E-state index contributed by atoms with van der Waals surface area (Å²) in [7, 11) is 0. The van der Waals surface area contributed by atoms with Crippen molar-refractivity contribution in [1.29, 1.82) is 0 Å². The van der Waals surface area contributed by atoms with Crippen LogP contribution in [0.5, 0.6) is 11.5 Å². The molecule has 0 saturated heterocycles. The highest BCUT2D eigenvalue weighted by atomic mass is 16.5. The molecule has 0 radical (unpaired) electrons. The fourth-order valence-corrected chi connectivity index (χ4v) is 2.62. The van der Waals surface area contributed by atoms with Crippen LogP contribution in [-0.2, 0) is 6.42 Å². The average molecular weight is 308 g/mol. The molecule has 4 nitrogen and oxygen atoms in total. The molecule has 1 heterocycles. The zero-order chi connectivity index (χ0) is 16.2. The van der Waals surface area contributed by atoms with Crippen molar-refractivity contribution in [3.8, 4) is 11.5 Å². The Balaban J connectivity index is 1.93. The Bertz CT molecular complexity index is 832. The SMILES string of the molecule is CC(C)c1[nH][nH]c(=O)c1Cc1ccccc1Oc1ccccc1. The quantitative estimate of drug-likeness (QED) is 0.742. The first kappa shape index (κ1) is 15.2. The molecule has 0 unspecified atom stereocenters. The second kappa shape index (κ2) is 6.57. The van der Waals surface area contributed by atoms with Gasteiger partial charge in [-0.3, -0.25) is 9.89 Å². The van der Waals surface area contributed by atoms with Crippen LogP contribution < -0.4 is 10.3 Å². The molecule has 118 valence electrons. The first-order chi connectivity index (χ1) is 11.1. The van der Waals surface area contributed by atoms with Gasteiger partial charge in [0, 0.05) is 17.7 Å². The fourth-order valence-electron chi connectivity index (χ4n) is 2.62. The van der Waals surface area contributed by atoms with Gasteiger partial charge in [0.25, 0.3) is 5.56 Å². The lowest BCUT2D eigenvalue weighted by Gasteiger charge is -2.11. The Kier molecular flexibility index (Phi) is 4.33. The number of hydrogen-bond donors (Lipinski definition) is 2. The number of ether oxygens (including phenoxy) is 1. The summed E-state index contributed by atoms with van der Waals surface area (Å²) in [6.07, 6.45) is 0.537. The van der Waals surface area contributed by atoms with Gasteiger partial charge in [-0.05, 0) is 29.7 Å². The Morgan fingerprint density at radius 3 is 2.39 bits per heavy atom. The van der Waals surface area contributed by atoms with Crippen molar-refractivity contribution in [2.24, 2.45) is 0 Å². The van der Waals surface area contributed by atoms with E-state index in [4.69, 9.17) is 4.74 Å². The monoisotopic (exact) mass is 308 g/mol. The molecule has 0 saturated carbocycles. The van der Waals surface area contributed by atoms with E-state index in [1.165, 1.54) is 0 Å². The number of nitrogens with one attached hydrogen (secondary N) is 2. The van der Waals surface area contributed by atoms with Gasteiger partial charge in [-0.25, -0.2) is 0 Å². The van der Waals surface area contributed by atoms with Gasteiger partial charge in [-0.2, -0.15) is 0 Å². The van der Waals surface area contributed by atoms with Crippen LogP contribution in [0.1, 0.15) is 36.6 Å². The number of hydrogen-bond acceptors (Lipinski definition) is 2. The van der Waals surface area contributed by atoms with Gasteiger partial charge >= 0.3 is 0 Å². The van der Waals surface area contributed by atoms with Crippen LogP contribution in [0.25, 0.3) is 0 Å². The standard InChI is InChI=1S/C19H20N2O2/c1-13(2)18-16(19(22)21-20-18)12-14-8-6-7-11-17(14)23-15-9-4-3-5-10-15/h3-11,13H,12H2,1-2H3,(H2,20,21,22). The Morgan fingerprint density at radius 2 is 1.65 bits per heavy atom. The summed E-state index contributed by atoms with van der Waals surface area (Å²) in [6, 6.07) is 17.5. The van der Waals surface area contributed by atoms with Crippen molar-refractivity contribution >= 4 is 0 Å². The van der Waals surface area contributed by atoms with Gasteiger partial charge in [0.1, 0.15) is 11.5 Å². The molecule has 0 aliphatic heterocycles. The van der Waals surface area contributed by atoms with E-state index in [-0.39, 0.29) is 11.5 Å². The largest absolute Gasteiger partial charge is 0.457 e. The minimum absolute atomic E-state index is 0.0665. The number of aromatic nitrogens is 2. The number of para-hydroxylation sites is 2. The molecule has 3 aromatic rings. The molecule has 0 aliphatic carbocycles. The minimum Gasteiger partial charge on any atom is -0.457 e. The third kappa shape index (κ3) is 3.37. The highest BCUT2D eigenvalue weighted by Crippen LogP contribution is 2.27. The van der Waals surface area contributed by atoms with Crippen LogP contribution in [0.4, 0.5) is 0 Å². The highest BCUT2D eigenvalue weighted by molar-refractivity contribution is 5.41. The van der Waals surface area contributed by atoms with Gasteiger partial charge in [0.15, 0.2) is 0 Å². The Hall–Kier alpha value is -2.75. The third-order valence-corrected chi connectivity index (χ3v) is 3.80. The second-order valence-corrected chi connectivity index (χ2v) is 5.83. The van der Waals surface area contributed by atoms with Crippen molar-refractivity contribution in [2.45, 2.75) is 26.2 Å². The van der Waals surface area contributed by atoms with Gasteiger partial charge in [0.05, 0.1) is 0 Å². The summed E-state index contributed by atoms with van der Waals surface area (Å²) in [5.41, 5.74) is 2.64. The van der Waals surface area contributed by atoms with E-state index in [0.29, 0.717) is 6.42 Å². The summed E-state index contributed by atoms with van der Waals surface area (Å²) in [4.78, 5) is 12.1. The maximum absolute atomic E-state index is 12.1. The zero-order valence-corrected chi connectivity index (χ0v) is 13.3. The van der Waals surface area contributed by atoms with Crippen LogP contribution in [0, 0.1) is 0 Å². The van der Waals surface area contributed by atoms with Crippen LogP contribution in [0.3, 0.4) is 0 Å². The zero-order valence-electron chi connectivity index (χ0n) is 13.3. The summed E-state index contributed by atoms with van der Waals surface area (Å²) in [6.45, 7) is 4.13. The predicted octanol–water partition coefficient (Wildman–Crippen LogP) is 4.21. The van der Waals surface area contributed by atoms with E-state index < -0.39 is 0 Å². The van der Waals surface area contributed by atoms with Crippen molar-refractivity contribution in [1.82, 2.24) is 10.2 Å². The second-order valence-electron chi connectivity index (χ2n) is 5.83. The molecule has 0 bridgehead atoms. The minimum atomic E-state index is -0.0665. The molecule has 0 fully saturated rings. The maximum atomic E-state index is 12.1. The van der Waals surface area contributed by atoms with Crippen molar-refractivity contribution < 1.29 is 4.74 Å². The van der Waals surface area contributed by atoms with E-state index in [2.05, 4.69) is 24.0 Å². The summed E-state index contributed by atoms with van der Waals surface area (Å²) < 4.78 is 5.98. The lowest BCUT2D eigenvalue weighted by atomic mass is 9.99. The van der Waals surface area contributed by atoms with Gasteiger partial charge < -0.3 is 9.84 Å². The van der Waals surface area contributed by atoms with Crippen LogP contribution in [0.2, 0.25) is 0 Å². The molecule has 0 spiro atoms. The first-order valence-corrected chi connectivity index (χ1v) is 7.75. The van der Waals surface area contributed by atoms with Crippen molar-refractivity contribution in [3.63, 3.8) is 0 Å². The average Bonchev–Trinajstić information content (AvgIpc) is 2.91. The molecule has 1 aromatic heterocycles. The predicted molar refractivity (Wildman–Crippen MR) is 91.3 cm³/mol. The molecule has 0 aliphatic rings. The van der Waals surface area contributed by atoms with E-state index in [1.807, 2.05) is 54.6 Å². The lowest BCUT2D eigenvalue weighted by molar-refractivity contribution is 0.477. The van der Waals surface area contributed by atoms with E-state index in [1.54, 1.807) is 0 Å². The van der Waals surface area contributed by atoms with Crippen molar-refractivity contribution in [3.05, 3.63) is 81.8 Å². The number of aromatic amines is 2. The topological polar surface area (TPSA) is 57.9 Å². The summed E-state index contributed by atoms with van der Waals surface area (Å²) in [5.74, 6) is 1.81. The molecule has 0 amide bonds. The third-order valence-electron chi connectivity index (χ3n) is 3.80. The first-order valence-electron chi connectivity index (χ1n) is 7.75. The lowest BCUT2D eigenvalue weighted by Crippen LogP contribution is -2.08.